The van der Waals surface area contributed by atoms with E-state index in [-0.39, 0.29) is 44.9 Å². The number of aliphatic hydroxyl groups is 2. The van der Waals surface area contributed by atoms with Crippen molar-refractivity contribution in [1.29, 1.82) is 0 Å². The predicted molar refractivity (Wildman–Crippen MR) is 192 cm³/mol. The normalized spacial score (nSPS) is 20.5. The molecule has 0 radical (unpaired) electrons. The van der Waals surface area contributed by atoms with Crippen LogP contribution in [0.25, 0.3) is 11.3 Å². The summed E-state index contributed by atoms with van der Waals surface area (Å²) in [4.78, 5) is 30.8. The second-order valence-corrected chi connectivity index (χ2v) is 13.9. The Morgan fingerprint density at radius 1 is 0.981 bits per heavy atom. The summed E-state index contributed by atoms with van der Waals surface area (Å²) in [6, 6.07) is 25.9. The van der Waals surface area contributed by atoms with Gasteiger partial charge in [0.15, 0.2) is 12.1 Å². The largest absolute Gasteiger partial charge is 0.465 e. The summed E-state index contributed by atoms with van der Waals surface area (Å²) in [5.74, 6) is -0.367. The number of rotatable bonds is 13. The van der Waals surface area contributed by atoms with Crippen LogP contribution in [0.3, 0.4) is 0 Å². The third kappa shape index (κ3) is 10.4. The first-order valence-electron chi connectivity index (χ1n) is 17.5. The number of hydrogen-bond acceptors (Lipinski definition) is 8. The number of carbonyl (C=O) groups is 2. The van der Waals surface area contributed by atoms with Crippen molar-refractivity contribution in [3.05, 3.63) is 113 Å². The quantitative estimate of drug-likeness (QED) is 0.144. The second-order valence-electron chi connectivity index (χ2n) is 13.5. The molecule has 4 N–H and O–H groups in total. The maximum Gasteiger partial charge on any atom is 0.405 e. The Bertz CT molecular complexity index is 1830. The lowest BCUT2D eigenvalue weighted by Gasteiger charge is -2.41. The van der Waals surface area contributed by atoms with Gasteiger partial charge in [-0.1, -0.05) is 90.5 Å². The molecule has 10 nitrogen and oxygen atoms in total. The number of ether oxygens (including phenoxy) is 1. The molecule has 2 aliphatic heterocycles. The average molecular weight is 755 g/mol. The van der Waals surface area contributed by atoms with Crippen LogP contribution in [0.5, 0.6) is 5.75 Å². The lowest BCUT2D eigenvalue weighted by Crippen LogP contribution is -2.60. The number of para-hydroxylation sites is 1. The monoisotopic (exact) mass is 754 g/mol. The summed E-state index contributed by atoms with van der Waals surface area (Å²) in [6.07, 6.45) is -6.37. The maximum absolute atomic E-state index is 13.9. The van der Waals surface area contributed by atoms with Gasteiger partial charge in [0.1, 0.15) is 24.1 Å². The first-order chi connectivity index (χ1) is 25.4. The van der Waals surface area contributed by atoms with E-state index >= 15 is 0 Å². The fraction of sp³-hybridized carbons (Fsp3) is 0.385. The predicted octanol–water partition coefficient (Wildman–Crippen LogP) is 5.33. The van der Waals surface area contributed by atoms with Crippen LogP contribution in [0.4, 0.5) is 13.2 Å². The molecule has 6 rings (SSSR count). The summed E-state index contributed by atoms with van der Waals surface area (Å²) < 4.78 is 51.0. The van der Waals surface area contributed by atoms with Crippen LogP contribution >= 0.6 is 11.6 Å². The van der Waals surface area contributed by atoms with Crippen molar-refractivity contribution in [3.8, 4) is 17.1 Å². The molecule has 282 valence electrons. The molecule has 53 heavy (non-hydrogen) atoms. The minimum Gasteiger partial charge on any atom is -0.465 e. The van der Waals surface area contributed by atoms with E-state index in [0.29, 0.717) is 35.3 Å². The average Bonchev–Trinajstić information content (AvgIpc) is 3.50. The topological polar surface area (TPSA) is 128 Å². The lowest BCUT2D eigenvalue weighted by molar-refractivity contribution is -0.143. The second kappa shape index (κ2) is 17.2. The number of aliphatic hydroxyl groups excluding tert-OH is 2. The van der Waals surface area contributed by atoms with Crippen LogP contribution in [-0.2, 0) is 22.6 Å². The molecule has 2 amide bonds. The standard InChI is InChI=1S/C39H42ClF3N4O6/c40-31-19-29(52-36(31)26-11-5-2-6-12-26)22-46-15-16-47(33(23-46)38(51)44-24-39(41,42)43)21-28(48)18-27(17-25-9-3-1-4-10-25)37(50)45-32-20-35(49)53-34-14-8-7-13-30(32)34/h1-14,19,27-28,32-33,35,48-49H,15-18,20-24H2,(H,44,51)(H,45,50)/t27-,28+,32+,33+,35?/m1/s1. The van der Waals surface area contributed by atoms with Gasteiger partial charge in [0, 0.05) is 55.7 Å². The number of β-amino-alcohol motifs (C(OH)–C–C–N with tert-alkyl or cyclic N) is 1. The highest BCUT2D eigenvalue weighted by Gasteiger charge is 2.37. The Morgan fingerprint density at radius 2 is 1.68 bits per heavy atom. The Morgan fingerprint density at radius 3 is 2.42 bits per heavy atom. The van der Waals surface area contributed by atoms with Gasteiger partial charge in [0.2, 0.25) is 11.8 Å². The van der Waals surface area contributed by atoms with Gasteiger partial charge >= 0.3 is 6.18 Å². The summed E-state index contributed by atoms with van der Waals surface area (Å²) >= 11 is 6.47. The number of halogens is 4. The molecule has 14 heteroatoms. The van der Waals surface area contributed by atoms with E-state index in [9.17, 15) is 33.0 Å². The van der Waals surface area contributed by atoms with Crippen molar-refractivity contribution < 1.29 is 42.1 Å². The molecule has 1 aromatic heterocycles. The van der Waals surface area contributed by atoms with E-state index in [4.69, 9.17) is 20.8 Å². The van der Waals surface area contributed by atoms with Crippen molar-refractivity contribution >= 4 is 23.4 Å². The summed E-state index contributed by atoms with van der Waals surface area (Å²) in [6.45, 7) is -0.540. The molecule has 0 aliphatic carbocycles. The summed E-state index contributed by atoms with van der Waals surface area (Å²) in [5, 5.41) is 27.3. The fourth-order valence-electron chi connectivity index (χ4n) is 6.97. The van der Waals surface area contributed by atoms with E-state index in [1.165, 1.54) is 0 Å². The van der Waals surface area contributed by atoms with Crippen LogP contribution in [0.15, 0.2) is 95.4 Å². The van der Waals surface area contributed by atoms with Gasteiger partial charge in [-0.15, -0.1) is 0 Å². The van der Waals surface area contributed by atoms with Crippen molar-refractivity contribution in [1.82, 2.24) is 20.4 Å². The molecule has 3 aromatic carbocycles. The van der Waals surface area contributed by atoms with Crippen molar-refractivity contribution in [2.45, 2.75) is 56.5 Å². The van der Waals surface area contributed by atoms with E-state index in [0.717, 1.165) is 16.7 Å². The number of nitrogens with one attached hydrogen (secondary N) is 2. The minimum absolute atomic E-state index is 0.0123. The van der Waals surface area contributed by atoms with Crippen LogP contribution in [0.2, 0.25) is 5.02 Å². The zero-order chi connectivity index (χ0) is 37.5. The van der Waals surface area contributed by atoms with Gasteiger partial charge < -0.3 is 30.0 Å². The number of piperazine rings is 1. The molecule has 4 aromatic rings. The highest BCUT2D eigenvalue weighted by molar-refractivity contribution is 6.33. The molecule has 0 bridgehead atoms. The smallest absolute Gasteiger partial charge is 0.405 e. The zero-order valence-electron chi connectivity index (χ0n) is 28.8. The third-order valence-corrected chi connectivity index (χ3v) is 9.78. The van der Waals surface area contributed by atoms with Gasteiger partial charge in [-0.3, -0.25) is 19.4 Å². The Hall–Kier alpha value is -4.40. The van der Waals surface area contributed by atoms with Crippen LogP contribution in [0.1, 0.15) is 35.8 Å². The molecule has 2 aliphatic rings. The van der Waals surface area contributed by atoms with Crippen molar-refractivity contribution in [2.24, 2.45) is 5.92 Å². The van der Waals surface area contributed by atoms with Gasteiger partial charge in [-0.2, -0.15) is 13.2 Å². The number of furan rings is 1. The number of nitrogens with zero attached hydrogens (tertiary/aromatic N) is 2. The summed E-state index contributed by atoms with van der Waals surface area (Å²) in [7, 11) is 0. The Balaban J connectivity index is 1.15. The van der Waals surface area contributed by atoms with E-state index < -0.39 is 49.0 Å². The number of amides is 2. The molecule has 1 saturated heterocycles. The zero-order valence-corrected chi connectivity index (χ0v) is 29.6. The van der Waals surface area contributed by atoms with Crippen LogP contribution < -0.4 is 15.4 Å². The number of benzene rings is 3. The molecule has 3 heterocycles. The molecule has 0 spiro atoms. The molecular weight excluding hydrogens is 713 g/mol. The van der Waals surface area contributed by atoms with Crippen LogP contribution in [0, 0.1) is 5.92 Å². The highest BCUT2D eigenvalue weighted by Crippen LogP contribution is 2.35. The number of fused-ring (bicyclic) bond motifs is 1. The van der Waals surface area contributed by atoms with Crippen molar-refractivity contribution in [3.63, 3.8) is 0 Å². The molecular formula is C39H42ClF3N4O6. The number of carbonyl (C=O) groups excluding carboxylic acids is 2. The number of hydrogen-bond donors (Lipinski definition) is 4. The van der Waals surface area contributed by atoms with E-state index in [2.05, 4.69) is 5.32 Å². The summed E-state index contributed by atoms with van der Waals surface area (Å²) in [5.41, 5.74) is 2.39. The number of alkyl halides is 3. The van der Waals surface area contributed by atoms with Gasteiger partial charge in [-0.05, 0) is 24.5 Å². The highest BCUT2D eigenvalue weighted by atomic mass is 35.5. The first kappa shape index (κ1) is 38.3. The molecule has 0 saturated carbocycles. The van der Waals surface area contributed by atoms with Crippen LogP contribution in [-0.4, -0.2) is 89.2 Å². The van der Waals surface area contributed by atoms with Gasteiger partial charge in [-0.25, -0.2) is 0 Å². The fourth-order valence-corrected chi connectivity index (χ4v) is 7.24. The van der Waals surface area contributed by atoms with Crippen molar-refractivity contribution in [2.75, 3.05) is 32.7 Å². The SMILES string of the molecule is O=C(N[C@H]1CC(O)Oc2ccccc21)[C@H](Cc1ccccc1)C[C@H](O)CN1CCN(Cc2cc(Cl)c(-c3ccccc3)o2)C[C@H]1C(=O)NCC(F)(F)F. The van der Waals surface area contributed by atoms with E-state index in [1.54, 1.807) is 23.1 Å². The molecule has 5 atom stereocenters. The molecule has 1 fully saturated rings. The van der Waals surface area contributed by atoms with Gasteiger partial charge in [0.05, 0.1) is 23.7 Å². The lowest BCUT2D eigenvalue weighted by atomic mass is 9.91. The maximum atomic E-state index is 13.9. The Kier molecular flexibility index (Phi) is 12.4. The van der Waals surface area contributed by atoms with E-state index in [1.807, 2.05) is 83.0 Å². The van der Waals surface area contributed by atoms with Gasteiger partial charge in [0.25, 0.3) is 0 Å². The Labute approximate surface area is 310 Å². The third-order valence-electron chi connectivity index (χ3n) is 9.50. The minimum atomic E-state index is -4.61. The molecule has 1 unspecified atom stereocenters. The first-order valence-corrected chi connectivity index (χ1v) is 17.9.